The van der Waals surface area contributed by atoms with Crippen molar-refractivity contribution in [1.29, 1.82) is 0 Å². The molecule has 32 heavy (non-hydrogen) atoms. The average Bonchev–Trinajstić information content (AvgIpc) is 2.77. The molecule has 160 valence electrons. The number of nitrogens with zero attached hydrogens (tertiary/aromatic N) is 1. The van der Waals surface area contributed by atoms with E-state index in [0.29, 0.717) is 28.6 Å². The van der Waals surface area contributed by atoms with Crippen molar-refractivity contribution in [2.75, 3.05) is 4.90 Å². The number of hydrogen-bond donors (Lipinski definition) is 1. The van der Waals surface area contributed by atoms with Crippen molar-refractivity contribution in [2.45, 2.75) is 13.5 Å². The van der Waals surface area contributed by atoms with Gasteiger partial charge in [0.2, 0.25) is 0 Å². The van der Waals surface area contributed by atoms with E-state index in [9.17, 15) is 14.4 Å². The third kappa shape index (κ3) is 4.55. The number of ether oxygens (including phenoxy) is 1. The number of aryl methyl sites for hydroxylation is 1. The van der Waals surface area contributed by atoms with E-state index in [1.54, 1.807) is 48.5 Å². The van der Waals surface area contributed by atoms with Crippen molar-refractivity contribution in [3.63, 3.8) is 0 Å². The summed E-state index contributed by atoms with van der Waals surface area (Å²) in [5.74, 6) is -0.797. The van der Waals surface area contributed by atoms with Crippen LogP contribution in [-0.4, -0.2) is 17.8 Å². The fourth-order valence-electron chi connectivity index (χ4n) is 3.26. The zero-order chi connectivity index (χ0) is 22.7. The molecule has 0 bridgehead atoms. The van der Waals surface area contributed by atoms with E-state index in [0.717, 1.165) is 16.0 Å². The predicted molar refractivity (Wildman–Crippen MR) is 122 cm³/mol. The number of nitrogens with one attached hydrogen (secondary N) is 1. The molecule has 0 radical (unpaired) electrons. The Morgan fingerprint density at radius 1 is 0.969 bits per heavy atom. The van der Waals surface area contributed by atoms with E-state index in [-0.39, 0.29) is 5.57 Å². The molecule has 0 aliphatic carbocycles. The van der Waals surface area contributed by atoms with E-state index < -0.39 is 17.8 Å². The lowest BCUT2D eigenvalue weighted by Gasteiger charge is -2.26. The number of amides is 4. The van der Waals surface area contributed by atoms with Crippen molar-refractivity contribution in [3.8, 4) is 5.75 Å². The molecule has 0 unspecified atom stereocenters. The molecule has 7 heteroatoms. The Hall–Kier alpha value is -3.90. The van der Waals surface area contributed by atoms with Crippen LogP contribution in [0.4, 0.5) is 10.5 Å². The van der Waals surface area contributed by atoms with Crippen LogP contribution in [0.15, 0.2) is 78.4 Å². The number of rotatable bonds is 5. The lowest BCUT2D eigenvalue weighted by Crippen LogP contribution is -2.54. The maximum absolute atomic E-state index is 13.0. The number of carbonyl (C=O) groups is 3. The molecular weight excluding hydrogens is 428 g/mol. The molecule has 0 saturated carbocycles. The third-order valence-corrected chi connectivity index (χ3v) is 5.27. The molecule has 3 aromatic rings. The number of carbonyl (C=O) groups excluding carboxylic acids is 3. The summed E-state index contributed by atoms with van der Waals surface area (Å²) in [5, 5.41) is 2.85. The summed E-state index contributed by atoms with van der Waals surface area (Å²) < 4.78 is 5.76. The van der Waals surface area contributed by atoms with Gasteiger partial charge in [0.1, 0.15) is 17.9 Å². The largest absolute Gasteiger partial charge is 0.489 e. The highest BCUT2D eigenvalue weighted by Gasteiger charge is 2.36. The van der Waals surface area contributed by atoms with Crippen LogP contribution in [0.25, 0.3) is 6.08 Å². The second-order valence-corrected chi connectivity index (χ2v) is 7.65. The van der Waals surface area contributed by atoms with Crippen molar-refractivity contribution in [1.82, 2.24) is 5.32 Å². The van der Waals surface area contributed by atoms with Crippen LogP contribution in [0.2, 0.25) is 5.02 Å². The van der Waals surface area contributed by atoms with E-state index >= 15 is 0 Å². The standard InChI is InChI=1S/C25H19ClN2O4/c1-16-5-4-7-19(13-16)28-24(30)21(23(29)27-25(28)31)14-17-9-11-20(12-10-17)32-15-18-6-2-3-8-22(18)26/h2-14H,15H2,1H3,(H,27,29,31)/b21-14+. The monoisotopic (exact) mass is 446 g/mol. The fraction of sp³-hybridized carbons (Fsp3) is 0.0800. The zero-order valence-corrected chi connectivity index (χ0v) is 17.9. The summed E-state index contributed by atoms with van der Waals surface area (Å²) in [6.07, 6.45) is 1.45. The molecular formula is C25H19ClN2O4. The van der Waals surface area contributed by atoms with Gasteiger partial charge in [0.05, 0.1) is 5.69 Å². The van der Waals surface area contributed by atoms with Gasteiger partial charge in [0.15, 0.2) is 0 Å². The summed E-state index contributed by atoms with van der Waals surface area (Å²) in [6.45, 7) is 2.17. The molecule has 4 rings (SSSR count). The van der Waals surface area contributed by atoms with Crippen molar-refractivity contribution < 1.29 is 19.1 Å². The molecule has 1 aliphatic rings. The van der Waals surface area contributed by atoms with Crippen LogP contribution in [0.1, 0.15) is 16.7 Å². The van der Waals surface area contributed by atoms with Crippen molar-refractivity contribution >= 4 is 41.2 Å². The third-order valence-electron chi connectivity index (χ3n) is 4.90. The summed E-state index contributed by atoms with van der Waals surface area (Å²) in [6, 6.07) is 20.5. The summed E-state index contributed by atoms with van der Waals surface area (Å²) in [4.78, 5) is 38.6. The Bertz CT molecular complexity index is 1230. The highest BCUT2D eigenvalue weighted by molar-refractivity contribution is 6.39. The van der Waals surface area contributed by atoms with Crippen LogP contribution in [0.3, 0.4) is 0 Å². The molecule has 4 amide bonds. The molecule has 1 heterocycles. The first-order valence-corrected chi connectivity index (χ1v) is 10.2. The Balaban J connectivity index is 1.53. The smallest absolute Gasteiger partial charge is 0.335 e. The fourth-order valence-corrected chi connectivity index (χ4v) is 3.45. The first kappa shape index (κ1) is 21.3. The minimum absolute atomic E-state index is 0.129. The van der Waals surface area contributed by atoms with Crippen LogP contribution in [0, 0.1) is 6.92 Å². The van der Waals surface area contributed by atoms with Gasteiger partial charge in [-0.05, 0) is 54.5 Å². The minimum atomic E-state index is -0.772. The van der Waals surface area contributed by atoms with Crippen molar-refractivity contribution in [2.24, 2.45) is 0 Å². The maximum Gasteiger partial charge on any atom is 0.335 e. The maximum atomic E-state index is 13.0. The molecule has 1 N–H and O–H groups in total. The van der Waals surface area contributed by atoms with Gasteiger partial charge in [-0.2, -0.15) is 0 Å². The van der Waals surface area contributed by atoms with Crippen LogP contribution in [-0.2, 0) is 16.2 Å². The topological polar surface area (TPSA) is 75.7 Å². The molecule has 1 fully saturated rings. The molecule has 1 aliphatic heterocycles. The van der Waals surface area contributed by atoms with Gasteiger partial charge in [0, 0.05) is 10.6 Å². The molecule has 0 atom stereocenters. The van der Waals surface area contributed by atoms with Crippen LogP contribution >= 0.6 is 11.6 Å². The second-order valence-electron chi connectivity index (χ2n) is 7.25. The molecule has 0 spiro atoms. The quantitative estimate of drug-likeness (QED) is 0.447. The van der Waals surface area contributed by atoms with Gasteiger partial charge >= 0.3 is 6.03 Å². The number of urea groups is 1. The Labute approximate surface area is 190 Å². The lowest BCUT2D eigenvalue weighted by molar-refractivity contribution is -0.122. The van der Waals surface area contributed by atoms with Crippen molar-refractivity contribution in [3.05, 3.63) is 100 Å². The number of hydrogen-bond acceptors (Lipinski definition) is 4. The SMILES string of the molecule is Cc1cccc(N2C(=O)NC(=O)/C(=C\c3ccc(OCc4ccccc4Cl)cc3)C2=O)c1. The number of imide groups is 2. The highest BCUT2D eigenvalue weighted by atomic mass is 35.5. The second kappa shape index (κ2) is 9.08. The Morgan fingerprint density at radius 3 is 2.44 bits per heavy atom. The molecule has 1 saturated heterocycles. The van der Waals surface area contributed by atoms with E-state index in [1.165, 1.54) is 6.08 Å². The number of barbiturate groups is 1. The summed E-state index contributed by atoms with van der Waals surface area (Å²) in [5.41, 5.74) is 2.64. The van der Waals surface area contributed by atoms with Gasteiger partial charge in [0.25, 0.3) is 11.8 Å². The minimum Gasteiger partial charge on any atom is -0.489 e. The first-order chi connectivity index (χ1) is 15.4. The van der Waals surface area contributed by atoms with Gasteiger partial charge in [-0.25, -0.2) is 9.69 Å². The van der Waals surface area contributed by atoms with Gasteiger partial charge in [-0.15, -0.1) is 0 Å². The van der Waals surface area contributed by atoms with Crippen LogP contribution < -0.4 is 15.0 Å². The Morgan fingerprint density at radius 2 is 1.72 bits per heavy atom. The van der Waals surface area contributed by atoms with Crippen LogP contribution in [0.5, 0.6) is 5.75 Å². The average molecular weight is 447 g/mol. The highest BCUT2D eigenvalue weighted by Crippen LogP contribution is 2.24. The molecule has 3 aromatic carbocycles. The number of anilines is 1. The predicted octanol–water partition coefficient (Wildman–Crippen LogP) is 4.89. The molecule has 0 aromatic heterocycles. The van der Waals surface area contributed by atoms with E-state index in [1.807, 2.05) is 31.2 Å². The first-order valence-electron chi connectivity index (χ1n) is 9.87. The zero-order valence-electron chi connectivity index (χ0n) is 17.2. The summed E-state index contributed by atoms with van der Waals surface area (Å²) in [7, 11) is 0. The number of benzene rings is 3. The lowest BCUT2D eigenvalue weighted by atomic mass is 10.1. The normalized spacial score (nSPS) is 15.1. The van der Waals surface area contributed by atoms with Gasteiger partial charge < -0.3 is 4.74 Å². The van der Waals surface area contributed by atoms with Gasteiger partial charge in [-0.1, -0.05) is 54.1 Å². The van der Waals surface area contributed by atoms with Gasteiger partial charge in [-0.3, -0.25) is 14.9 Å². The Kier molecular flexibility index (Phi) is 6.05. The van der Waals surface area contributed by atoms with E-state index in [2.05, 4.69) is 5.32 Å². The van der Waals surface area contributed by atoms with E-state index in [4.69, 9.17) is 16.3 Å². The summed E-state index contributed by atoms with van der Waals surface area (Å²) >= 11 is 6.14. The molecule has 6 nitrogen and oxygen atoms in total. The number of halogens is 1.